The van der Waals surface area contributed by atoms with E-state index in [2.05, 4.69) is 20.7 Å². The van der Waals surface area contributed by atoms with Gasteiger partial charge in [0.15, 0.2) is 5.96 Å². The first-order valence-electron chi connectivity index (χ1n) is 9.06. The van der Waals surface area contributed by atoms with Gasteiger partial charge in [-0.25, -0.2) is 9.07 Å². The van der Waals surface area contributed by atoms with Gasteiger partial charge in [0, 0.05) is 32.8 Å². The molecule has 2 N–H and O–H groups in total. The molecule has 1 heterocycles. The highest BCUT2D eigenvalue weighted by atomic mass is 127. The second kappa shape index (κ2) is 11.4. The SMILES string of the molecule is CN=C(NCCc1ccn(-c2ccc(F)cc2)n1)NCc1cccc(OC)c1.I. The molecule has 3 rings (SSSR count). The lowest BCUT2D eigenvalue weighted by molar-refractivity contribution is 0.414. The number of hydrogen-bond acceptors (Lipinski definition) is 3. The third kappa shape index (κ3) is 6.74. The molecule has 0 aliphatic rings. The fourth-order valence-corrected chi connectivity index (χ4v) is 2.73. The number of methoxy groups -OCH3 is 1. The zero-order valence-corrected chi connectivity index (χ0v) is 18.8. The summed E-state index contributed by atoms with van der Waals surface area (Å²) in [6, 6.07) is 16.1. The Morgan fingerprint density at radius 2 is 1.93 bits per heavy atom. The van der Waals surface area contributed by atoms with Crippen LogP contribution in [-0.2, 0) is 13.0 Å². The van der Waals surface area contributed by atoms with Gasteiger partial charge in [0.2, 0.25) is 0 Å². The van der Waals surface area contributed by atoms with Crippen LogP contribution < -0.4 is 15.4 Å². The minimum absolute atomic E-state index is 0. The maximum atomic E-state index is 13.0. The largest absolute Gasteiger partial charge is 0.497 e. The van der Waals surface area contributed by atoms with Crippen LogP contribution in [0.3, 0.4) is 0 Å². The molecular formula is C21H25FIN5O. The lowest BCUT2D eigenvalue weighted by atomic mass is 10.2. The monoisotopic (exact) mass is 509 g/mol. The third-order valence-corrected chi connectivity index (χ3v) is 4.23. The maximum Gasteiger partial charge on any atom is 0.191 e. The molecule has 0 aliphatic carbocycles. The highest BCUT2D eigenvalue weighted by Gasteiger charge is 2.04. The van der Waals surface area contributed by atoms with E-state index in [1.807, 2.05) is 36.5 Å². The summed E-state index contributed by atoms with van der Waals surface area (Å²) in [5, 5.41) is 11.1. The van der Waals surface area contributed by atoms with Crippen LogP contribution in [0.25, 0.3) is 5.69 Å². The Labute approximate surface area is 187 Å². The summed E-state index contributed by atoms with van der Waals surface area (Å²) >= 11 is 0. The number of hydrogen-bond donors (Lipinski definition) is 2. The third-order valence-electron chi connectivity index (χ3n) is 4.23. The Bertz CT molecular complexity index is 927. The molecule has 3 aromatic rings. The van der Waals surface area contributed by atoms with Gasteiger partial charge in [-0.05, 0) is 48.0 Å². The van der Waals surface area contributed by atoms with E-state index in [0.29, 0.717) is 13.1 Å². The quantitative estimate of drug-likeness (QED) is 0.291. The standard InChI is InChI=1S/C21H24FN5O.HI/c1-23-21(25-15-16-4-3-5-20(14-16)28-2)24-12-10-18-11-13-27(26-18)19-8-6-17(22)7-9-19;/h3-9,11,13-14H,10,12,15H2,1-2H3,(H2,23,24,25);1H. The smallest absolute Gasteiger partial charge is 0.191 e. The topological polar surface area (TPSA) is 63.5 Å². The molecule has 0 atom stereocenters. The van der Waals surface area contributed by atoms with Gasteiger partial charge in [0.25, 0.3) is 0 Å². The van der Waals surface area contributed by atoms with Crippen molar-refractivity contribution < 1.29 is 9.13 Å². The van der Waals surface area contributed by atoms with Gasteiger partial charge in [-0.1, -0.05) is 12.1 Å². The van der Waals surface area contributed by atoms with Crippen molar-refractivity contribution in [3.05, 3.63) is 77.9 Å². The molecule has 0 aliphatic heterocycles. The molecule has 2 aromatic carbocycles. The van der Waals surface area contributed by atoms with Crippen LogP contribution in [0.1, 0.15) is 11.3 Å². The summed E-state index contributed by atoms with van der Waals surface area (Å²) < 4.78 is 20.0. The van der Waals surface area contributed by atoms with E-state index in [0.717, 1.165) is 35.1 Å². The van der Waals surface area contributed by atoms with E-state index in [-0.39, 0.29) is 29.8 Å². The van der Waals surface area contributed by atoms with Gasteiger partial charge in [-0.3, -0.25) is 4.99 Å². The van der Waals surface area contributed by atoms with Crippen molar-refractivity contribution in [3.63, 3.8) is 0 Å². The molecule has 29 heavy (non-hydrogen) atoms. The molecular weight excluding hydrogens is 484 g/mol. The molecule has 0 fully saturated rings. The van der Waals surface area contributed by atoms with Crippen LogP contribution in [0.15, 0.2) is 65.8 Å². The van der Waals surface area contributed by atoms with E-state index in [1.165, 1.54) is 12.1 Å². The number of guanidine groups is 1. The van der Waals surface area contributed by atoms with Crippen molar-refractivity contribution >= 4 is 29.9 Å². The van der Waals surface area contributed by atoms with Gasteiger partial charge in [-0.2, -0.15) is 5.10 Å². The van der Waals surface area contributed by atoms with Gasteiger partial charge in [0.05, 0.1) is 18.5 Å². The summed E-state index contributed by atoms with van der Waals surface area (Å²) in [7, 11) is 3.40. The number of benzene rings is 2. The van der Waals surface area contributed by atoms with Crippen molar-refractivity contribution in [1.29, 1.82) is 0 Å². The van der Waals surface area contributed by atoms with Crippen LogP contribution >= 0.6 is 24.0 Å². The first kappa shape index (κ1) is 22.7. The average Bonchev–Trinajstić information content (AvgIpc) is 3.20. The Hall–Kier alpha value is -2.62. The predicted octanol–water partition coefficient (Wildman–Crippen LogP) is 3.55. The number of nitrogens with zero attached hydrogens (tertiary/aromatic N) is 3. The van der Waals surface area contributed by atoms with E-state index in [1.54, 1.807) is 31.0 Å². The van der Waals surface area contributed by atoms with E-state index in [9.17, 15) is 4.39 Å². The number of nitrogens with one attached hydrogen (secondary N) is 2. The molecule has 8 heteroatoms. The lowest BCUT2D eigenvalue weighted by Gasteiger charge is -2.12. The second-order valence-electron chi connectivity index (χ2n) is 6.18. The number of aliphatic imine (C=N–C) groups is 1. The predicted molar refractivity (Wildman–Crippen MR) is 124 cm³/mol. The van der Waals surface area contributed by atoms with Crippen LogP contribution in [0.4, 0.5) is 4.39 Å². The van der Waals surface area contributed by atoms with E-state index >= 15 is 0 Å². The van der Waals surface area contributed by atoms with E-state index in [4.69, 9.17) is 4.74 Å². The summed E-state index contributed by atoms with van der Waals surface area (Å²) in [6.07, 6.45) is 2.62. The summed E-state index contributed by atoms with van der Waals surface area (Å²) in [6.45, 7) is 1.34. The Morgan fingerprint density at radius 1 is 1.14 bits per heavy atom. The Kier molecular flexibility index (Phi) is 8.91. The molecule has 0 saturated heterocycles. The van der Waals surface area contributed by atoms with Crippen molar-refractivity contribution in [2.75, 3.05) is 20.7 Å². The molecule has 1 aromatic heterocycles. The van der Waals surface area contributed by atoms with Crippen molar-refractivity contribution in [2.24, 2.45) is 4.99 Å². The van der Waals surface area contributed by atoms with Gasteiger partial charge < -0.3 is 15.4 Å². The fourth-order valence-electron chi connectivity index (χ4n) is 2.73. The van der Waals surface area contributed by atoms with Gasteiger partial charge >= 0.3 is 0 Å². The normalized spacial score (nSPS) is 10.9. The highest BCUT2D eigenvalue weighted by molar-refractivity contribution is 14.0. The molecule has 0 unspecified atom stereocenters. The average molecular weight is 509 g/mol. The van der Waals surface area contributed by atoms with E-state index < -0.39 is 0 Å². The zero-order valence-electron chi connectivity index (χ0n) is 16.4. The maximum absolute atomic E-state index is 13.0. The number of ether oxygens (including phenoxy) is 1. The van der Waals surface area contributed by atoms with Crippen molar-refractivity contribution in [1.82, 2.24) is 20.4 Å². The fraction of sp³-hybridized carbons (Fsp3) is 0.238. The summed E-state index contributed by atoms with van der Waals surface area (Å²) in [5.74, 6) is 1.30. The Balaban J connectivity index is 0.00000300. The number of aromatic nitrogens is 2. The molecule has 154 valence electrons. The first-order valence-corrected chi connectivity index (χ1v) is 9.06. The number of halogens is 2. The highest BCUT2D eigenvalue weighted by Crippen LogP contribution is 2.12. The van der Waals surface area contributed by atoms with Crippen LogP contribution in [0.2, 0.25) is 0 Å². The molecule has 0 amide bonds. The van der Waals surface area contributed by atoms with Crippen molar-refractivity contribution in [2.45, 2.75) is 13.0 Å². The lowest BCUT2D eigenvalue weighted by Crippen LogP contribution is -2.37. The molecule has 0 radical (unpaired) electrons. The molecule has 0 saturated carbocycles. The Morgan fingerprint density at radius 3 is 2.66 bits per heavy atom. The van der Waals surface area contributed by atoms with Gasteiger partial charge in [0.1, 0.15) is 11.6 Å². The first-order chi connectivity index (χ1) is 13.7. The van der Waals surface area contributed by atoms with Crippen LogP contribution in [0, 0.1) is 5.82 Å². The molecule has 0 spiro atoms. The van der Waals surface area contributed by atoms with Gasteiger partial charge in [-0.15, -0.1) is 24.0 Å². The minimum atomic E-state index is -0.256. The minimum Gasteiger partial charge on any atom is -0.497 e. The zero-order chi connectivity index (χ0) is 19.8. The summed E-state index contributed by atoms with van der Waals surface area (Å²) in [5.41, 5.74) is 2.89. The molecule has 0 bridgehead atoms. The second-order valence-corrected chi connectivity index (χ2v) is 6.18. The van der Waals surface area contributed by atoms with Crippen LogP contribution in [0.5, 0.6) is 5.75 Å². The van der Waals surface area contributed by atoms with Crippen molar-refractivity contribution in [3.8, 4) is 11.4 Å². The summed E-state index contributed by atoms with van der Waals surface area (Å²) in [4.78, 5) is 4.24. The number of rotatable bonds is 7. The molecule has 6 nitrogen and oxygen atoms in total. The van der Waals surface area contributed by atoms with Crippen LogP contribution in [-0.4, -0.2) is 36.4 Å².